The van der Waals surface area contributed by atoms with E-state index in [0.717, 1.165) is 23.2 Å². The van der Waals surface area contributed by atoms with Crippen LogP contribution in [0, 0.1) is 23.0 Å². The number of nitrogens with one attached hydrogen (secondary N) is 1. The number of fused-ring (bicyclic) bond motifs is 3. The molecule has 1 aliphatic heterocycles. The highest BCUT2D eigenvalue weighted by atomic mass is 35.5. The quantitative estimate of drug-likeness (QED) is 0.437. The Bertz CT molecular complexity index is 1000. The second kappa shape index (κ2) is 6.39. The SMILES string of the molecule is Cc1c(C(=O)O)ccc2c1N[C@H](c1ccc(Cl)c([N+](=O)[O-])c1)[C@H]1CC=C[C@@H]21. The number of hydrogen-bond donors (Lipinski definition) is 2. The van der Waals surface area contributed by atoms with E-state index in [1.807, 2.05) is 6.07 Å². The number of nitro benzene ring substituents is 1. The standard InChI is InChI=1S/C20H17ClN2O4/c1-10-12(20(24)25)6-7-15-13-3-2-4-14(13)19(22-18(10)15)11-5-8-16(21)17(9-11)23(26)27/h2-3,5-9,13-14,19,22H,4H2,1H3,(H,24,25)/t13-,14+,19-/m1/s1. The number of allylic oxidation sites excluding steroid dienone is 2. The summed E-state index contributed by atoms with van der Waals surface area (Å²) in [6.07, 6.45) is 5.10. The van der Waals surface area contributed by atoms with E-state index in [1.165, 1.54) is 6.07 Å². The number of carboxylic acids is 1. The molecule has 0 unspecified atom stereocenters. The summed E-state index contributed by atoms with van der Waals surface area (Å²) in [5.74, 6) is -0.629. The molecule has 1 aliphatic carbocycles. The van der Waals surface area contributed by atoms with Crippen molar-refractivity contribution in [1.29, 1.82) is 0 Å². The van der Waals surface area contributed by atoms with Gasteiger partial charge in [0.2, 0.25) is 0 Å². The van der Waals surface area contributed by atoms with Gasteiger partial charge in [-0.1, -0.05) is 35.9 Å². The molecule has 2 aromatic carbocycles. The molecule has 0 fully saturated rings. The van der Waals surface area contributed by atoms with Gasteiger partial charge in [0.05, 0.1) is 16.5 Å². The van der Waals surface area contributed by atoms with Crippen LogP contribution in [0.2, 0.25) is 5.02 Å². The molecular formula is C20H17ClN2O4. The van der Waals surface area contributed by atoms with E-state index in [4.69, 9.17) is 11.6 Å². The second-order valence-electron chi connectivity index (χ2n) is 6.95. The van der Waals surface area contributed by atoms with Gasteiger partial charge in [-0.2, -0.15) is 0 Å². The highest BCUT2D eigenvalue weighted by Crippen LogP contribution is 2.51. The molecule has 0 saturated carbocycles. The van der Waals surface area contributed by atoms with Crippen molar-refractivity contribution in [1.82, 2.24) is 0 Å². The molecule has 0 aromatic heterocycles. The average Bonchev–Trinajstić information content (AvgIpc) is 3.11. The number of anilines is 1. The Labute approximate surface area is 160 Å². The van der Waals surface area contributed by atoms with Gasteiger partial charge in [-0.15, -0.1) is 0 Å². The first kappa shape index (κ1) is 17.5. The van der Waals surface area contributed by atoms with Gasteiger partial charge >= 0.3 is 5.97 Å². The molecule has 0 spiro atoms. The van der Waals surface area contributed by atoms with Crippen molar-refractivity contribution < 1.29 is 14.8 Å². The van der Waals surface area contributed by atoms with Crippen LogP contribution in [0.15, 0.2) is 42.5 Å². The largest absolute Gasteiger partial charge is 0.478 e. The fraction of sp³-hybridized carbons (Fsp3) is 0.250. The predicted molar refractivity (Wildman–Crippen MR) is 103 cm³/mol. The molecule has 0 bridgehead atoms. The van der Waals surface area contributed by atoms with Crippen LogP contribution in [0.4, 0.5) is 11.4 Å². The molecule has 138 valence electrons. The minimum absolute atomic E-state index is 0.102. The van der Waals surface area contributed by atoms with Gasteiger partial charge in [0.1, 0.15) is 5.02 Å². The predicted octanol–water partition coefficient (Wildman–Crippen LogP) is 5.08. The third kappa shape index (κ3) is 2.77. The summed E-state index contributed by atoms with van der Waals surface area (Å²) >= 11 is 5.96. The number of benzene rings is 2. The van der Waals surface area contributed by atoms with Crippen molar-refractivity contribution >= 4 is 28.9 Å². The third-order valence-electron chi connectivity index (χ3n) is 5.55. The number of nitro groups is 1. The van der Waals surface area contributed by atoms with Gasteiger partial charge in [-0.05, 0) is 48.1 Å². The Balaban J connectivity index is 1.84. The van der Waals surface area contributed by atoms with Crippen molar-refractivity contribution in [3.63, 3.8) is 0 Å². The monoisotopic (exact) mass is 384 g/mol. The first-order chi connectivity index (χ1) is 12.9. The Morgan fingerprint density at radius 1 is 1.33 bits per heavy atom. The van der Waals surface area contributed by atoms with Crippen LogP contribution in [0.5, 0.6) is 0 Å². The summed E-state index contributed by atoms with van der Waals surface area (Å²) in [6.45, 7) is 1.79. The summed E-state index contributed by atoms with van der Waals surface area (Å²) < 4.78 is 0. The topological polar surface area (TPSA) is 92.5 Å². The molecule has 0 saturated heterocycles. The fourth-order valence-electron chi connectivity index (χ4n) is 4.24. The molecule has 2 N–H and O–H groups in total. The Kier molecular flexibility index (Phi) is 4.15. The van der Waals surface area contributed by atoms with E-state index in [2.05, 4.69) is 17.5 Å². The number of rotatable bonds is 3. The molecule has 2 aromatic rings. The first-order valence-corrected chi connectivity index (χ1v) is 9.00. The molecule has 1 heterocycles. The van der Waals surface area contributed by atoms with E-state index < -0.39 is 10.9 Å². The molecule has 6 nitrogen and oxygen atoms in total. The summed E-state index contributed by atoms with van der Waals surface area (Å²) in [5, 5.41) is 24.3. The molecule has 3 atom stereocenters. The summed E-state index contributed by atoms with van der Waals surface area (Å²) in [5.41, 5.74) is 3.44. The number of aromatic carboxylic acids is 1. The van der Waals surface area contributed by atoms with E-state index in [0.29, 0.717) is 5.56 Å². The Morgan fingerprint density at radius 2 is 2.11 bits per heavy atom. The molecule has 0 amide bonds. The van der Waals surface area contributed by atoms with Crippen LogP contribution in [0.3, 0.4) is 0 Å². The summed E-state index contributed by atoms with van der Waals surface area (Å²) in [4.78, 5) is 22.3. The van der Waals surface area contributed by atoms with Gasteiger partial charge in [0, 0.05) is 17.7 Å². The van der Waals surface area contributed by atoms with E-state index in [-0.39, 0.29) is 34.2 Å². The third-order valence-corrected chi connectivity index (χ3v) is 5.87. The fourth-order valence-corrected chi connectivity index (χ4v) is 4.43. The Morgan fingerprint density at radius 3 is 2.81 bits per heavy atom. The normalized spacial score (nSPS) is 22.7. The first-order valence-electron chi connectivity index (χ1n) is 8.62. The molecule has 2 aliphatic rings. The van der Waals surface area contributed by atoms with Crippen molar-refractivity contribution in [2.45, 2.75) is 25.3 Å². The van der Waals surface area contributed by atoms with Crippen LogP contribution >= 0.6 is 11.6 Å². The Hall–Kier alpha value is -2.86. The lowest BCUT2D eigenvalue weighted by atomic mass is 9.76. The van der Waals surface area contributed by atoms with Crippen LogP contribution in [-0.4, -0.2) is 16.0 Å². The highest BCUT2D eigenvalue weighted by molar-refractivity contribution is 6.32. The minimum Gasteiger partial charge on any atom is -0.478 e. The molecule has 0 radical (unpaired) electrons. The summed E-state index contributed by atoms with van der Waals surface area (Å²) in [6, 6.07) is 8.20. The lowest BCUT2D eigenvalue weighted by Crippen LogP contribution is -2.30. The van der Waals surface area contributed by atoms with E-state index >= 15 is 0 Å². The van der Waals surface area contributed by atoms with E-state index in [1.54, 1.807) is 25.1 Å². The minimum atomic E-state index is -0.972. The van der Waals surface area contributed by atoms with Gasteiger partial charge in [-0.3, -0.25) is 10.1 Å². The molecule has 7 heteroatoms. The van der Waals surface area contributed by atoms with Gasteiger partial charge in [0.15, 0.2) is 0 Å². The highest BCUT2D eigenvalue weighted by Gasteiger charge is 2.39. The van der Waals surface area contributed by atoms with Crippen molar-refractivity contribution in [3.8, 4) is 0 Å². The number of halogens is 1. The van der Waals surface area contributed by atoms with E-state index in [9.17, 15) is 20.0 Å². The summed E-state index contributed by atoms with van der Waals surface area (Å²) in [7, 11) is 0. The van der Waals surface area contributed by atoms with Crippen LogP contribution < -0.4 is 5.32 Å². The number of hydrogen-bond acceptors (Lipinski definition) is 4. The lowest BCUT2D eigenvalue weighted by molar-refractivity contribution is -0.384. The smallest absolute Gasteiger partial charge is 0.336 e. The zero-order valence-corrected chi connectivity index (χ0v) is 15.2. The average molecular weight is 385 g/mol. The van der Waals surface area contributed by atoms with Crippen LogP contribution in [0.1, 0.15) is 45.4 Å². The van der Waals surface area contributed by atoms with Crippen molar-refractivity contribution in [2.24, 2.45) is 5.92 Å². The van der Waals surface area contributed by atoms with Crippen molar-refractivity contribution in [2.75, 3.05) is 5.32 Å². The van der Waals surface area contributed by atoms with Gasteiger partial charge in [-0.25, -0.2) is 4.79 Å². The number of carbonyl (C=O) groups is 1. The molecular weight excluding hydrogens is 368 g/mol. The maximum absolute atomic E-state index is 11.5. The molecule has 4 rings (SSSR count). The lowest BCUT2D eigenvalue weighted by Gasteiger charge is -2.38. The maximum atomic E-state index is 11.5. The van der Waals surface area contributed by atoms with Crippen LogP contribution in [-0.2, 0) is 0 Å². The molecule has 27 heavy (non-hydrogen) atoms. The zero-order chi connectivity index (χ0) is 19.3. The maximum Gasteiger partial charge on any atom is 0.336 e. The van der Waals surface area contributed by atoms with Crippen LogP contribution in [0.25, 0.3) is 0 Å². The van der Waals surface area contributed by atoms with Gasteiger partial charge in [0.25, 0.3) is 5.69 Å². The number of nitrogens with zero attached hydrogens (tertiary/aromatic N) is 1. The second-order valence-corrected chi connectivity index (χ2v) is 7.36. The van der Waals surface area contributed by atoms with Crippen molar-refractivity contribution in [3.05, 3.63) is 79.9 Å². The number of carboxylic acid groups (broad SMARTS) is 1. The van der Waals surface area contributed by atoms with Gasteiger partial charge < -0.3 is 10.4 Å². The zero-order valence-electron chi connectivity index (χ0n) is 14.5.